The van der Waals surface area contributed by atoms with E-state index in [4.69, 9.17) is 5.11 Å². The Morgan fingerprint density at radius 2 is 1.97 bits per heavy atom. The van der Waals surface area contributed by atoms with Crippen molar-refractivity contribution >= 4 is 47.3 Å². The van der Waals surface area contributed by atoms with Crippen LogP contribution in [0.5, 0.6) is 0 Å². The van der Waals surface area contributed by atoms with Gasteiger partial charge in [0, 0.05) is 18.1 Å². The lowest BCUT2D eigenvalue weighted by Gasteiger charge is -2.49. The summed E-state index contributed by atoms with van der Waals surface area (Å²) in [4.78, 5) is 49.3. The third-order valence-electron chi connectivity index (χ3n) is 5.79. The molecule has 4 rings (SSSR count). The minimum atomic E-state index is -1.45. The number of amides is 2. The van der Waals surface area contributed by atoms with Gasteiger partial charge in [0.15, 0.2) is 6.10 Å². The Kier molecular flexibility index (Phi) is 8.98. The number of aliphatic hydroxyl groups is 1. The van der Waals surface area contributed by atoms with E-state index in [2.05, 4.69) is 26.2 Å². The van der Waals surface area contributed by atoms with Gasteiger partial charge in [-0.15, -0.1) is 16.9 Å². The number of β-lactam (4-membered cyclic amide) rings is 1. The Bertz CT molecular complexity index is 1240. The molecule has 2 amide bonds. The average Bonchev–Trinajstić information content (AvgIpc) is 3.36. The number of aliphatic hydroxyl groups excluding tert-OH is 1. The molecule has 3 heterocycles. The third kappa shape index (κ3) is 6.15. The van der Waals surface area contributed by atoms with E-state index in [1.54, 1.807) is 35.0 Å². The molecule has 16 heteroatoms. The standard InChI is InChI=1S/C22H25N7O7S2/c30-14(31)9-23-7-4-8-28-22(25-26-27-28)38-11-13-10-37-20-15(19(34)29(20)16(13)21(35)36)24-18(33)17(32)12-5-2-1-3-6-12/h1-3,5-6,15,17,20,23,32H,4,7-11H2,(H,24,33)(H,30,31)(H,35,36)/t15?,17-,20-/m1/s1. The van der Waals surface area contributed by atoms with E-state index in [0.717, 1.165) is 0 Å². The second kappa shape index (κ2) is 12.4. The second-order valence-corrected chi connectivity index (χ2v) is 10.4. The van der Waals surface area contributed by atoms with Crippen LogP contribution >= 0.6 is 23.5 Å². The Balaban J connectivity index is 1.36. The zero-order chi connectivity index (χ0) is 27.2. The summed E-state index contributed by atoms with van der Waals surface area (Å²) >= 11 is 2.55. The van der Waals surface area contributed by atoms with Gasteiger partial charge in [0.05, 0.1) is 6.54 Å². The Labute approximate surface area is 224 Å². The summed E-state index contributed by atoms with van der Waals surface area (Å²) in [5.74, 6) is -2.95. The average molecular weight is 564 g/mol. The van der Waals surface area contributed by atoms with Crippen LogP contribution in [0.4, 0.5) is 0 Å². The summed E-state index contributed by atoms with van der Waals surface area (Å²) in [5.41, 5.74) is 0.773. The highest BCUT2D eigenvalue weighted by atomic mass is 32.2. The number of hydrogen-bond donors (Lipinski definition) is 5. The van der Waals surface area contributed by atoms with Crippen LogP contribution < -0.4 is 10.6 Å². The number of carboxylic acid groups (broad SMARTS) is 2. The smallest absolute Gasteiger partial charge is 0.352 e. The predicted octanol–water partition coefficient (Wildman–Crippen LogP) is -0.698. The van der Waals surface area contributed by atoms with Crippen LogP contribution in [-0.4, -0.2) is 100 Å². The van der Waals surface area contributed by atoms with Gasteiger partial charge in [-0.05, 0) is 34.5 Å². The lowest BCUT2D eigenvalue weighted by Crippen LogP contribution is -2.70. The first-order valence-electron chi connectivity index (χ1n) is 11.5. The number of aryl methyl sites for hydroxylation is 1. The molecule has 0 saturated carbocycles. The molecule has 1 unspecified atom stereocenters. The maximum Gasteiger partial charge on any atom is 0.352 e. The molecule has 0 radical (unpaired) electrons. The van der Waals surface area contributed by atoms with Crippen LogP contribution in [0.2, 0.25) is 0 Å². The van der Waals surface area contributed by atoms with Crippen molar-refractivity contribution in [3.05, 3.63) is 47.2 Å². The first-order valence-corrected chi connectivity index (χ1v) is 13.6. The molecule has 1 fully saturated rings. The highest BCUT2D eigenvalue weighted by molar-refractivity contribution is 8.01. The van der Waals surface area contributed by atoms with Gasteiger partial charge in [-0.1, -0.05) is 42.1 Å². The number of carbonyl (C=O) groups excluding carboxylic acids is 2. The maximum absolute atomic E-state index is 12.9. The van der Waals surface area contributed by atoms with E-state index < -0.39 is 41.3 Å². The summed E-state index contributed by atoms with van der Waals surface area (Å²) in [6.45, 7) is 0.750. The SMILES string of the molecule is O=C(O)CNCCCn1nnnc1SCC1=C(C(=O)O)N2C(=O)C(NC(=O)[C@H](O)c3ccccc3)[C@H]2SC1. The number of benzene rings is 1. The zero-order valence-electron chi connectivity index (χ0n) is 19.9. The van der Waals surface area contributed by atoms with Gasteiger partial charge < -0.3 is 26.0 Å². The van der Waals surface area contributed by atoms with Crippen LogP contribution in [0, 0.1) is 0 Å². The summed E-state index contributed by atoms with van der Waals surface area (Å²) < 4.78 is 1.55. The minimum absolute atomic E-state index is 0.128. The van der Waals surface area contributed by atoms with Gasteiger partial charge in [-0.25, -0.2) is 9.48 Å². The number of carbonyl (C=O) groups is 4. The number of fused-ring (bicyclic) bond motifs is 1. The molecule has 3 atom stereocenters. The molecule has 2 aromatic rings. The maximum atomic E-state index is 12.9. The number of nitrogens with zero attached hydrogens (tertiary/aromatic N) is 5. The predicted molar refractivity (Wildman–Crippen MR) is 135 cm³/mol. The van der Waals surface area contributed by atoms with Gasteiger partial charge in [0.2, 0.25) is 5.16 Å². The summed E-state index contributed by atoms with van der Waals surface area (Å²) in [6, 6.07) is 7.35. The largest absolute Gasteiger partial charge is 0.480 e. The van der Waals surface area contributed by atoms with Crippen LogP contribution in [0.25, 0.3) is 0 Å². The van der Waals surface area contributed by atoms with Gasteiger partial charge in [-0.3, -0.25) is 19.3 Å². The number of nitrogens with one attached hydrogen (secondary N) is 2. The normalized spacial score (nSPS) is 19.5. The van der Waals surface area contributed by atoms with Crippen molar-refractivity contribution in [3.8, 4) is 0 Å². The number of aromatic nitrogens is 4. The van der Waals surface area contributed by atoms with E-state index in [0.29, 0.717) is 41.6 Å². The van der Waals surface area contributed by atoms with Gasteiger partial charge in [0.25, 0.3) is 11.8 Å². The lowest BCUT2D eigenvalue weighted by atomic mass is 10.0. The third-order valence-corrected chi connectivity index (χ3v) is 8.17. The van der Waals surface area contributed by atoms with E-state index >= 15 is 0 Å². The van der Waals surface area contributed by atoms with Crippen molar-refractivity contribution in [2.75, 3.05) is 24.6 Å². The topological polar surface area (TPSA) is 200 Å². The molecule has 202 valence electrons. The van der Waals surface area contributed by atoms with Crippen molar-refractivity contribution in [2.45, 2.75) is 35.6 Å². The molecular formula is C22H25N7O7S2. The molecule has 5 N–H and O–H groups in total. The Morgan fingerprint density at radius 1 is 1.21 bits per heavy atom. The number of carboxylic acids is 2. The molecular weight excluding hydrogens is 538 g/mol. The second-order valence-electron chi connectivity index (χ2n) is 8.36. The number of thioether (sulfide) groups is 2. The van der Waals surface area contributed by atoms with Gasteiger partial charge in [-0.2, -0.15) is 0 Å². The fourth-order valence-corrected chi connectivity index (χ4v) is 6.34. The fraction of sp³-hybridized carbons (Fsp3) is 0.409. The molecule has 1 aromatic heterocycles. The van der Waals surface area contributed by atoms with E-state index in [1.807, 2.05) is 0 Å². The molecule has 38 heavy (non-hydrogen) atoms. The number of tetrazole rings is 1. The molecule has 1 saturated heterocycles. The lowest BCUT2D eigenvalue weighted by molar-refractivity contribution is -0.151. The van der Waals surface area contributed by atoms with Crippen molar-refractivity contribution in [1.82, 2.24) is 35.7 Å². The zero-order valence-corrected chi connectivity index (χ0v) is 21.5. The Morgan fingerprint density at radius 3 is 2.68 bits per heavy atom. The molecule has 2 aliphatic heterocycles. The summed E-state index contributed by atoms with van der Waals surface area (Å²) in [5, 5.41) is 45.6. The Hall–Kier alpha value is -3.47. The van der Waals surface area contributed by atoms with Crippen molar-refractivity contribution in [1.29, 1.82) is 0 Å². The quantitative estimate of drug-likeness (QED) is 0.117. The van der Waals surface area contributed by atoms with Crippen LogP contribution in [0.3, 0.4) is 0 Å². The van der Waals surface area contributed by atoms with Crippen LogP contribution in [0.1, 0.15) is 18.1 Å². The van der Waals surface area contributed by atoms with Crippen molar-refractivity contribution in [2.24, 2.45) is 0 Å². The number of aliphatic carboxylic acids is 2. The highest BCUT2D eigenvalue weighted by Gasteiger charge is 2.54. The highest BCUT2D eigenvalue weighted by Crippen LogP contribution is 2.41. The number of rotatable bonds is 13. The first-order chi connectivity index (χ1) is 18.3. The molecule has 1 aromatic carbocycles. The number of hydrogen-bond acceptors (Lipinski definition) is 11. The molecule has 14 nitrogen and oxygen atoms in total. The van der Waals surface area contributed by atoms with Crippen LogP contribution in [-0.2, 0) is 25.7 Å². The van der Waals surface area contributed by atoms with Gasteiger partial charge in [0.1, 0.15) is 17.1 Å². The summed E-state index contributed by atoms with van der Waals surface area (Å²) in [7, 11) is 0. The van der Waals surface area contributed by atoms with E-state index in [-0.39, 0.29) is 18.0 Å². The first kappa shape index (κ1) is 27.6. The molecule has 0 bridgehead atoms. The summed E-state index contributed by atoms with van der Waals surface area (Å²) in [6.07, 6.45) is -0.868. The fourth-order valence-electron chi connectivity index (χ4n) is 3.95. The van der Waals surface area contributed by atoms with E-state index in [1.165, 1.54) is 28.4 Å². The molecule has 2 aliphatic rings. The molecule has 0 spiro atoms. The monoisotopic (exact) mass is 563 g/mol. The van der Waals surface area contributed by atoms with E-state index in [9.17, 15) is 29.4 Å². The van der Waals surface area contributed by atoms with Crippen LogP contribution in [0.15, 0.2) is 46.8 Å². The van der Waals surface area contributed by atoms with Gasteiger partial charge >= 0.3 is 11.9 Å². The minimum Gasteiger partial charge on any atom is -0.480 e. The van der Waals surface area contributed by atoms with Crippen molar-refractivity contribution < 1.29 is 34.5 Å². The van der Waals surface area contributed by atoms with Crippen molar-refractivity contribution in [3.63, 3.8) is 0 Å². The molecule has 0 aliphatic carbocycles.